The molecule has 0 aliphatic heterocycles. The second-order valence-electron chi connectivity index (χ2n) is 4.60. The molecule has 0 aromatic heterocycles. The molecule has 0 radical (unpaired) electrons. The highest BCUT2D eigenvalue weighted by Crippen LogP contribution is 2.27. The fourth-order valence-electron chi connectivity index (χ4n) is 1.87. The quantitative estimate of drug-likeness (QED) is 0.339. The molecule has 1 amide bonds. The first-order valence-electron chi connectivity index (χ1n) is 6.69. The molecule has 0 saturated carbocycles. The number of phenolic OH excluding ortho intramolecular Hbond substituents is 1. The summed E-state index contributed by atoms with van der Waals surface area (Å²) in [5, 5.41) is 13.7. The second kappa shape index (κ2) is 8.51. The lowest BCUT2D eigenvalue weighted by atomic mass is 10.2. The summed E-state index contributed by atoms with van der Waals surface area (Å²) in [4.78, 5) is 12.2. The summed E-state index contributed by atoms with van der Waals surface area (Å²) in [6.07, 6.45) is 1.51. The van der Waals surface area contributed by atoms with Crippen LogP contribution >= 0.6 is 45.2 Å². The van der Waals surface area contributed by atoms with Crippen LogP contribution in [0, 0.1) is 7.14 Å². The normalized spacial score (nSPS) is 10.7. The van der Waals surface area contributed by atoms with E-state index in [2.05, 4.69) is 10.5 Å². The lowest BCUT2D eigenvalue weighted by molar-refractivity contribution is 0.0952. The zero-order chi connectivity index (χ0) is 17.7. The maximum atomic E-state index is 12.2. The Hall–Kier alpha value is -1.56. The van der Waals surface area contributed by atoms with Gasteiger partial charge < -0.3 is 14.6 Å². The summed E-state index contributed by atoms with van der Waals surface area (Å²) in [5.41, 5.74) is 3.57. The fraction of sp³-hybridized carbons (Fsp3) is 0.125. The number of methoxy groups -OCH3 is 2. The Morgan fingerprint density at radius 2 is 1.83 bits per heavy atom. The molecule has 0 bridgehead atoms. The van der Waals surface area contributed by atoms with Gasteiger partial charge in [-0.15, -0.1) is 0 Å². The van der Waals surface area contributed by atoms with E-state index in [0.717, 1.165) is 5.56 Å². The average Bonchev–Trinajstić information content (AvgIpc) is 2.58. The minimum atomic E-state index is -0.395. The number of rotatable bonds is 5. The number of phenols is 1. The first-order chi connectivity index (χ1) is 11.5. The molecule has 2 N–H and O–H groups in total. The van der Waals surface area contributed by atoms with Gasteiger partial charge in [0.25, 0.3) is 5.91 Å². The molecular formula is C16H14I2N2O4. The van der Waals surface area contributed by atoms with Gasteiger partial charge in [-0.3, -0.25) is 4.79 Å². The predicted octanol–water partition coefficient (Wildman–Crippen LogP) is 3.38. The van der Waals surface area contributed by atoms with Crippen molar-refractivity contribution in [2.45, 2.75) is 0 Å². The zero-order valence-corrected chi connectivity index (χ0v) is 17.2. The number of benzene rings is 2. The molecule has 2 aromatic rings. The van der Waals surface area contributed by atoms with Gasteiger partial charge in [-0.05, 0) is 75.0 Å². The van der Waals surface area contributed by atoms with Crippen molar-refractivity contribution in [2.75, 3.05) is 14.2 Å². The van der Waals surface area contributed by atoms with Crippen LogP contribution in [0.5, 0.6) is 17.2 Å². The molecule has 0 saturated heterocycles. The van der Waals surface area contributed by atoms with Crippen molar-refractivity contribution in [3.8, 4) is 17.2 Å². The Morgan fingerprint density at radius 1 is 1.17 bits per heavy atom. The number of carbonyl (C=O) groups is 1. The van der Waals surface area contributed by atoms with Gasteiger partial charge in [0.2, 0.25) is 0 Å². The molecule has 24 heavy (non-hydrogen) atoms. The molecule has 6 nitrogen and oxygen atoms in total. The first kappa shape index (κ1) is 18.8. The van der Waals surface area contributed by atoms with Crippen LogP contribution in [0.25, 0.3) is 0 Å². The highest BCUT2D eigenvalue weighted by molar-refractivity contribution is 14.1. The van der Waals surface area contributed by atoms with Crippen LogP contribution in [-0.4, -0.2) is 31.4 Å². The highest BCUT2D eigenvalue weighted by Gasteiger charge is 2.12. The third-order valence-corrected chi connectivity index (χ3v) is 4.72. The number of nitrogens with one attached hydrogen (secondary N) is 1. The van der Waals surface area contributed by atoms with Crippen LogP contribution in [0.15, 0.2) is 35.4 Å². The maximum absolute atomic E-state index is 12.2. The molecule has 0 fully saturated rings. The van der Waals surface area contributed by atoms with Gasteiger partial charge in [0.1, 0.15) is 17.2 Å². The number of hydrogen-bond donors (Lipinski definition) is 2. The van der Waals surface area contributed by atoms with Crippen molar-refractivity contribution in [1.82, 2.24) is 5.43 Å². The number of hydrogen-bond acceptors (Lipinski definition) is 5. The van der Waals surface area contributed by atoms with Crippen LogP contribution in [0.1, 0.15) is 15.9 Å². The zero-order valence-electron chi connectivity index (χ0n) is 12.8. The Kier molecular flexibility index (Phi) is 6.66. The molecule has 8 heteroatoms. The Morgan fingerprint density at radius 3 is 2.42 bits per heavy atom. The van der Waals surface area contributed by atoms with Crippen LogP contribution in [-0.2, 0) is 0 Å². The first-order valence-corrected chi connectivity index (χ1v) is 8.85. The van der Waals surface area contributed by atoms with Gasteiger partial charge in [0.15, 0.2) is 0 Å². The van der Waals surface area contributed by atoms with E-state index >= 15 is 0 Å². The summed E-state index contributed by atoms with van der Waals surface area (Å²) in [6, 6.07) is 8.44. The van der Waals surface area contributed by atoms with Crippen molar-refractivity contribution in [3.05, 3.63) is 48.6 Å². The van der Waals surface area contributed by atoms with Gasteiger partial charge in [-0.25, -0.2) is 5.43 Å². The number of amides is 1. The van der Waals surface area contributed by atoms with E-state index in [1.165, 1.54) is 13.3 Å². The van der Waals surface area contributed by atoms with E-state index in [1.54, 1.807) is 37.4 Å². The summed E-state index contributed by atoms with van der Waals surface area (Å²) in [7, 11) is 3.02. The fourth-order valence-corrected chi connectivity index (χ4v) is 3.69. The average molecular weight is 552 g/mol. The molecule has 0 aliphatic rings. The standard InChI is InChI=1S/C16H14I2N2O4/c1-23-10-3-4-11(14(7-10)24-2)16(22)20-19-8-9-5-12(17)15(21)13(18)6-9/h3-8,21H,1-2H3,(H,20,22)/b19-8-. The number of halogens is 2. The summed E-state index contributed by atoms with van der Waals surface area (Å²) in [5.74, 6) is 0.838. The van der Waals surface area contributed by atoms with Gasteiger partial charge in [0.05, 0.1) is 33.1 Å². The molecule has 0 atom stereocenters. The minimum Gasteiger partial charge on any atom is -0.506 e. The maximum Gasteiger partial charge on any atom is 0.275 e. The van der Waals surface area contributed by atoms with Gasteiger partial charge >= 0.3 is 0 Å². The predicted molar refractivity (Wildman–Crippen MR) is 108 cm³/mol. The molecule has 2 rings (SSSR count). The van der Waals surface area contributed by atoms with Gasteiger partial charge in [0, 0.05) is 6.07 Å². The monoisotopic (exact) mass is 552 g/mol. The molecule has 0 spiro atoms. The van der Waals surface area contributed by atoms with Crippen LogP contribution in [0.3, 0.4) is 0 Å². The molecule has 0 aliphatic carbocycles. The van der Waals surface area contributed by atoms with Crippen molar-refractivity contribution in [3.63, 3.8) is 0 Å². The molecule has 2 aromatic carbocycles. The number of nitrogens with zero attached hydrogens (tertiary/aromatic N) is 1. The van der Waals surface area contributed by atoms with E-state index < -0.39 is 5.91 Å². The smallest absolute Gasteiger partial charge is 0.275 e. The number of aromatic hydroxyl groups is 1. The Labute approximate surface area is 166 Å². The topological polar surface area (TPSA) is 80.2 Å². The lowest BCUT2D eigenvalue weighted by Gasteiger charge is -2.09. The molecule has 126 valence electrons. The largest absolute Gasteiger partial charge is 0.506 e. The number of hydrazone groups is 1. The Balaban J connectivity index is 2.13. The van der Waals surface area contributed by atoms with E-state index in [1.807, 2.05) is 45.2 Å². The third kappa shape index (κ3) is 4.50. The van der Waals surface area contributed by atoms with Crippen molar-refractivity contribution >= 4 is 57.3 Å². The van der Waals surface area contributed by atoms with Crippen LogP contribution in [0.4, 0.5) is 0 Å². The Bertz CT molecular complexity index is 771. The van der Waals surface area contributed by atoms with Gasteiger partial charge in [-0.1, -0.05) is 0 Å². The molecular weight excluding hydrogens is 538 g/mol. The van der Waals surface area contributed by atoms with E-state index in [9.17, 15) is 9.90 Å². The molecule has 0 unspecified atom stereocenters. The number of ether oxygens (including phenoxy) is 2. The summed E-state index contributed by atoms with van der Waals surface area (Å²) >= 11 is 4.07. The van der Waals surface area contributed by atoms with Gasteiger partial charge in [-0.2, -0.15) is 5.10 Å². The lowest BCUT2D eigenvalue weighted by Crippen LogP contribution is -2.18. The SMILES string of the molecule is COc1ccc(C(=O)N/N=C\c2cc(I)c(O)c(I)c2)c(OC)c1. The van der Waals surface area contributed by atoms with Crippen molar-refractivity contribution in [1.29, 1.82) is 0 Å². The minimum absolute atomic E-state index is 0.236. The van der Waals surface area contributed by atoms with Crippen LogP contribution in [0.2, 0.25) is 0 Å². The van der Waals surface area contributed by atoms with Crippen molar-refractivity contribution < 1.29 is 19.4 Å². The highest BCUT2D eigenvalue weighted by atomic mass is 127. The van der Waals surface area contributed by atoms with Crippen molar-refractivity contribution in [2.24, 2.45) is 5.10 Å². The second-order valence-corrected chi connectivity index (χ2v) is 6.92. The van der Waals surface area contributed by atoms with Crippen LogP contribution < -0.4 is 14.9 Å². The number of carbonyl (C=O) groups excluding carboxylic acids is 1. The molecule has 0 heterocycles. The van der Waals surface area contributed by atoms with E-state index in [0.29, 0.717) is 24.2 Å². The summed E-state index contributed by atoms with van der Waals surface area (Å²) < 4.78 is 11.7. The van der Waals surface area contributed by atoms with E-state index in [4.69, 9.17) is 9.47 Å². The van der Waals surface area contributed by atoms with E-state index in [-0.39, 0.29) is 5.75 Å². The third-order valence-electron chi connectivity index (χ3n) is 3.07. The summed E-state index contributed by atoms with van der Waals surface area (Å²) in [6.45, 7) is 0.